The summed E-state index contributed by atoms with van der Waals surface area (Å²) in [4.78, 5) is 27.2. The summed E-state index contributed by atoms with van der Waals surface area (Å²) in [5.74, 6) is 0.511. The lowest BCUT2D eigenvalue weighted by Gasteiger charge is -2.23. The van der Waals surface area contributed by atoms with Crippen LogP contribution < -0.4 is 5.32 Å². The van der Waals surface area contributed by atoms with Gasteiger partial charge in [-0.25, -0.2) is 4.79 Å². The molecule has 1 N–H and O–H groups in total. The van der Waals surface area contributed by atoms with Gasteiger partial charge in [0.05, 0.1) is 18.4 Å². The summed E-state index contributed by atoms with van der Waals surface area (Å²) >= 11 is 1.44. The van der Waals surface area contributed by atoms with Gasteiger partial charge in [-0.1, -0.05) is 0 Å². The molecule has 4 rings (SSSR count). The number of likely N-dealkylation sites (tertiary alicyclic amines) is 1. The highest BCUT2D eigenvalue weighted by molar-refractivity contribution is 7.16. The van der Waals surface area contributed by atoms with E-state index in [-0.39, 0.29) is 17.9 Å². The van der Waals surface area contributed by atoms with Crippen molar-refractivity contribution in [2.45, 2.75) is 32.1 Å². The zero-order valence-electron chi connectivity index (χ0n) is 16.6. The maximum Gasteiger partial charge on any atom is 0.409 e. The first-order valence-electron chi connectivity index (χ1n) is 10.1. The lowest BCUT2D eigenvalue weighted by atomic mass is 9.88. The van der Waals surface area contributed by atoms with Crippen molar-refractivity contribution in [3.63, 3.8) is 0 Å². The fraction of sp³-hybridized carbons (Fsp3) is 0.409. The number of ether oxygens (including phenoxy) is 1. The Hall–Kier alpha value is -3.05. The average Bonchev–Trinajstić information content (AvgIpc) is 3.51. The van der Waals surface area contributed by atoms with Crippen LogP contribution in [0.15, 0.2) is 28.9 Å². The SMILES string of the molecule is N#Cc1c(NC(=O)C=Cc2ccco2)sc2c1CCC(COC(=O)N1CCCC1)C2. The molecular weight excluding hydrogens is 402 g/mol. The van der Waals surface area contributed by atoms with Gasteiger partial charge in [0.1, 0.15) is 16.8 Å². The molecule has 1 atom stereocenters. The summed E-state index contributed by atoms with van der Waals surface area (Å²) in [7, 11) is 0. The van der Waals surface area contributed by atoms with Gasteiger partial charge in [-0.3, -0.25) is 4.79 Å². The standard InChI is InChI=1S/C22H23N3O4S/c23-13-18-17-7-5-15(14-29-22(27)25-9-1-2-10-25)12-19(17)30-21(18)24-20(26)8-6-16-4-3-11-28-16/h3-4,6,8,11,15H,1-2,5,7,9-10,12,14H2,(H,24,26). The molecule has 0 saturated carbocycles. The molecule has 0 bridgehead atoms. The van der Waals surface area contributed by atoms with Crippen molar-refractivity contribution in [1.29, 1.82) is 5.26 Å². The molecule has 0 spiro atoms. The second-order valence-electron chi connectivity index (χ2n) is 7.54. The predicted octanol–water partition coefficient (Wildman–Crippen LogP) is 4.20. The lowest BCUT2D eigenvalue weighted by molar-refractivity contribution is -0.111. The molecule has 30 heavy (non-hydrogen) atoms. The van der Waals surface area contributed by atoms with Crippen LogP contribution in [-0.4, -0.2) is 36.6 Å². The molecule has 1 aliphatic carbocycles. The number of hydrogen-bond acceptors (Lipinski definition) is 6. The molecule has 2 aliphatic rings. The van der Waals surface area contributed by atoms with Gasteiger partial charge in [0, 0.05) is 24.0 Å². The first-order chi connectivity index (χ1) is 14.6. The van der Waals surface area contributed by atoms with Crippen molar-refractivity contribution in [1.82, 2.24) is 4.90 Å². The Balaban J connectivity index is 1.37. The molecule has 3 heterocycles. The van der Waals surface area contributed by atoms with Crippen molar-refractivity contribution >= 4 is 34.4 Å². The van der Waals surface area contributed by atoms with Crippen LogP contribution in [0.2, 0.25) is 0 Å². The van der Waals surface area contributed by atoms with Gasteiger partial charge >= 0.3 is 6.09 Å². The summed E-state index contributed by atoms with van der Waals surface area (Å²) in [6.07, 6.45) is 8.73. The third kappa shape index (κ3) is 4.57. The number of hydrogen-bond donors (Lipinski definition) is 1. The summed E-state index contributed by atoms with van der Waals surface area (Å²) in [6.45, 7) is 1.95. The molecule has 1 aliphatic heterocycles. The summed E-state index contributed by atoms with van der Waals surface area (Å²) in [5.41, 5.74) is 1.55. The van der Waals surface area contributed by atoms with Crippen molar-refractivity contribution in [3.05, 3.63) is 46.2 Å². The molecule has 156 valence electrons. The van der Waals surface area contributed by atoms with E-state index in [2.05, 4.69) is 11.4 Å². The van der Waals surface area contributed by atoms with Gasteiger partial charge in [-0.05, 0) is 61.8 Å². The minimum absolute atomic E-state index is 0.224. The lowest BCUT2D eigenvalue weighted by Crippen LogP contribution is -2.30. The van der Waals surface area contributed by atoms with Gasteiger partial charge in [-0.2, -0.15) is 5.26 Å². The molecule has 2 aromatic rings. The van der Waals surface area contributed by atoms with E-state index in [1.807, 2.05) is 0 Å². The maximum absolute atomic E-state index is 12.3. The molecule has 2 aromatic heterocycles. The van der Waals surface area contributed by atoms with Crippen LogP contribution in [0.25, 0.3) is 6.08 Å². The number of nitrogens with zero attached hydrogens (tertiary/aromatic N) is 2. The van der Waals surface area contributed by atoms with E-state index in [9.17, 15) is 14.9 Å². The third-order valence-corrected chi connectivity index (χ3v) is 6.63. The van der Waals surface area contributed by atoms with Gasteiger partial charge in [-0.15, -0.1) is 11.3 Å². The summed E-state index contributed by atoms with van der Waals surface area (Å²) in [6, 6.07) is 5.74. The topological polar surface area (TPSA) is 95.6 Å². The van der Waals surface area contributed by atoms with E-state index in [0.717, 1.165) is 55.6 Å². The van der Waals surface area contributed by atoms with Crippen molar-refractivity contribution in [2.75, 3.05) is 25.0 Å². The Labute approximate surface area is 178 Å². The van der Waals surface area contributed by atoms with Gasteiger partial charge in [0.25, 0.3) is 0 Å². The van der Waals surface area contributed by atoms with E-state index >= 15 is 0 Å². The molecule has 1 saturated heterocycles. The minimum Gasteiger partial charge on any atom is -0.465 e. The van der Waals surface area contributed by atoms with Crippen molar-refractivity contribution < 1.29 is 18.7 Å². The van der Waals surface area contributed by atoms with E-state index in [1.165, 1.54) is 23.7 Å². The van der Waals surface area contributed by atoms with Crippen LogP contribution in [0.3, 0.4) is 0 Å². The van der Waals surface area contributed by atoms with Crippen LogP contribution in [0.1, 0.15) is 41.0 Å². The zero-order valence-corrected chi connectivity index (χ0v) is 17.4. The van der Waals surface area contributed by atoms with Crippen molar-refractivity contribution in [2.24, 2.45) is 5.92 Å². The second kappa shape index (κ2) is 9.18. The van der Waals surface area contributed by atoms with E-state index < -0.39 is 0 Å². The minimum atomic E-state index is -0.308. The van der Waals surface area contributed by atoms with E-state index in [1.54, 1.807) is 23.1 Å². The van der Waals surface area contributed by atoms with Gasteiger partial charge < -0.3 is 19.4 Å². The van der Waals surface area contributed by atoms with E-state index in [0.29, 0.717) is 22.9 Å². The molecule has 1 unspecified atom stereocenters. The van der Waals surface area contributed by atoms with E-state index in [4.69, 9.17) is 9.15 Å². The van der Waals surface area contributed by atoms with Crippen LogP contribution >= 0.6 is 11.3 Å². The monoisotopic (exact) mass is 425 g/mol. The summed E-state index contributed by atoms with van der Waals surface area (Å²) < 4.78 is 10.7. The number of nitrogens with one attached hydrogen (secondary N) is 1. The number of carbonyl (C=O) groups is 2. The van der Waals surface area contributed by atoms with Gasteiger partial charge in [0.15, 0.2) is 0 Å². The Bertz CT molecular complexity index is 981. The highest BCUT2D eigenvalue weighted by Gasteiger charge is 2.28. The Morgan fingerprint density at radius 1 is 1.40 bits per heavy atom. The molecular formula is C22H23N3O4S. The summed E-state index contributed by atoms with van der Waals surface area (Å²) in [5, 5.41) is 13.0. The van der Waals surface area contributed by atoms with Crippen molar-refractivity contribution in [3.8, 4) is 6.07 Å². The number of anilines is 1. The predicted molar refractivity (Wildman–Crippen MR) is 113 cm³/mol. The van der Waals surface area contributed by atoms with Crippen LogP contribution in [0.4, 0.5) is 9.80 Å². The third-order valence-electron chi connectivity index (χ3n) is 5.46. The van der Waals surface area contributed by atoms with Crippen LogP contribution in [-0.2, 0) is 22.4 Å². The number of fused-ring (bicyclic) bond motifs is 1. The number of carbonyl (C=O) groups excluding carboxylic acids is 2. The largest absolute Gasteiger partial charge is 0.465 e. The quantitative estimate of drug-likeness (QED) is 0.724. The number of nitriles is 1. The van der Waals surface area contributed by atoms with Crippen LogP contribution in [0.5, 0.6) is 0 Å². The molecule has 7 nitrogen and oxygen atoms in total. The number of amides is 2. The molecule has 0 radical (unpaired) electrons. The normalized spacial score (nSPS) is 18.2. The maximum atomic E-state index is 12.3. The number of furan rings is 1. The fourth-order valence-corrected chi connectivity index (χ4v) is 5.20. The highest BCUT2D eigenvalue weighted by atomic mass is 32.1. The molecule has 8 heteroatoms. The Morgan fingerprint density at radius 3 is 2.97 bits per heavy atom. The van der Waals surface area contributed by atoms with Crippen LogP contribution in [0, 0.1) is 17.2 Å². The zero-order chi connectivity index (χ0) is 20.9. The number of rotatable bonds is 5. The Kier molecular flexibility index (Phi) is 6.19. The number of thiophene rings is 1. The van der Waals surface area contributed by atoms with Gasteiger partial charge in [0.2, 0.25) is 5.91 Å². The first kappa shape index (κ1) is 20.2. The first-order valence-corrected chi connectivity index (χ1v) is 10.9. The highest BCUT2D eigenvalue weighted by Crippen LogP contribution is 2.39. The smallest absolute Gasteiger partial charge is 0.409 e. The Morgan fingerprint density at radius 2 is 2.23 bits per heavy atom. The fourth-order valence-electron chi connectivity index (χ4n) is 3.88. The second-order valence-corrected chi connectivity index (χ2v) is 8.64. The average molecular weight is 426 g/mol. The molecule has 0 aromatic carbocycles. The molecule has 2 amide bonds. The molecule has 1 fully saturated rings.